The van der Waals surface area contributed by atoms with E-state index in [1.54, 1.807) is 5.01 Å². The van der Waals surface area contributed by atoms with E-state index in [4.69, 9.17) is 0 Å². The zero-order valence-corrected chi connectivity index (χ0v) is 12.2. The molecule has 2 aliphatic heterocycles. The lowest BCUT2D eigenvalue weighted by Gasteiger charge is -2.19. The summed E-state index contributed by atoms with van der Waals surface area (Å²) in [5.74, 6) is -0.0686. The molecule has 8 heteroatoms. The van der Waals surface area contributed by atoms with Gasteiger partial charge in [0.15, 0.2) is 0 Å². The van der Waals surface area contributed by atoms with Crippen LogP contribution in [0.15, 0.2) is 60.1 Å². The molecule has 2 heterocycles. The van der Waals surface area contributed by atoms with Crippen molar-refractivity contribution in [3.63, 3.8) is 0 Å². The largest absolute Gasteiger partial charge is 0.492 e. The summed E-state index contributed by atoms with van der Waals surface area (Å²) < 4.78 is 37.9. The fraction of sp³-hybridized carbons (Fsp3) is 0.125. The molecule has 0 saturated carbocycles. The fourth-order valence-corrected chi connectivity index (χ4v) is 2.76. The molecule has 0 spiro atoms. The Balaban J connectivity index is 0.00000169. The first-order valence-corrected chi connectivity index (χ1v) is 6.94. The number of benzene rings is 2. The van der Waals surface area contributed by atoms with Gasteiger partial charge in [-0.15, -0.1) is 0 Å². The minimum Gasteiger partial charge on any atom is -0.492 e. The number of fused-ring (bicyclic) bond motifs is 3. The molecule has 1 radical (unpaired) electrons. The number of aliphatic hydroxyl groups is 1. The molecule has 0 aliphatic carbocycles. The van der Waals surface area contributed by atoms with E-state index in [9.17, 15) is 18.3 Å². The van der Waals surface area contributed by atoms with E-state index >= 15 is 0 Å². The van der Waals surface area contributed by atoms with Crippen molar-refractivity contribution in [2.75, 3.05) is 10.0 Å². The van der Waals surface area contributed by atoms with Crippen LogP contribution in [0.25, 0.3) is 0 Å². The first kappa shape index (κ1) is 16.2. The highest BCUT2D eigenvalue weighted by molar-refractivity contribution is 5.69. The maximum atomic E-state index is 12.6. The van der Waals surface area contributed by atoms with Crippen LogP contribution < -0.4 is 15.6 Å². The molecule has 0 amide bonds. The Labute approximate surface area is 135 Å². The van der Waals surface area contributed by atoms with Gasteiger partial charge in [0.05, 0.1) is 16.9 Å². The van der Waals surface area contributed by atoms with Gasteiger partial charge in [-0.2, -0.15) is 13.2 Å². The molecule has 4 rings (SSSR count). The molecule has 0 aromatic heterocycles. The zero-order valence-electron chi connectivity index (χ0n) is 12.2. The average molecular weight is 336 g/mol. The van der Waals surface area contributed by atoms with Gasteiger partial charge >= 0.3 is 6.18 Å². The van der Waals surface area contributed by atoms with E-state index in [0.717, 1.165) is 23.4 Å². The molecule has 0 bridgehead atoms. The van der Waals surface area contributed by atoms with Crippen LogP contribution >= 0.6 is 0 Å². The van der Waals surface area contributed by atoms with Crippen LogP contribution in [0, 0.1) is 0 Å². The van der Waals surface area contributed by atoms with E-state index in [-0.39, 0.29) is 11.4 Å². The van der Waals surface area contributed by atoms with Crippen LogP contribution in [0.2, 0.25) is 0 Å². The first-order chi connectivity index (χ1) is 10.9. The van der Waals surface area contributed by atoms with Gasteiger partial charge in [0, 0.05) is 6.42 Å². The highest BCUT2D eigenvalue weighted by Gasteiger charge is 2.38. The molecule has 0 fully saturated rings. The number of hydrogen-bond acceptors (Lipinski definition) is 3. The number of anilines is 2. The monoisotopic (exact) mass is 336 g/mol. The average Bonchev–Trinajstić information content (AvgIpc) is 3.04. The van der Waals surface area contributed by atoms with Crippen molar-refractivity contribution in [2.24, 2.45) is 0 Å². The minimum atomic E-state index is -4.39. The normalized spacial score (nSPS) is 16.1. The number of allylic oxidation sites excluding steroid dienone is 1. The highest BCUT2D eigenvalue weighted by Crippen LogP contribution is 2.40. The summed E-state index contributed by atoms with van der Waals surface area (Å²) >= 11 is 0. The molecule has 125 valence electrons. The molecule has 0 unspecified atom stereocenters. The summed E-state index contributed by atoms with van der Waals surface area (Å²) in [6.45, 7) is 0. The van der Waals surface area contributed by atoms with Gasteiger partial charge in [0.25, 0.3) is 0 Å². The molecule has 2 aromatic carbocycles. The van der Waals surface area contributed by atoms with E-state index in [1.165, 1.54) is 17.1 Å². The first-order valence-electron chi connectivity index (χ1n) is 6.94. The lowest BCUT2D eigenvalue weighted by atomic mass is 10.1. The van der Waals surface area contributed by atoms with Crippen molar-refractivity contribution in [1.82, 2.24) is 5.53 Å². The molecule has 0 atom stereocenters. The van der Waals surface area contributed by atoms with Crippen molar-refractivity contribution >= 4 is 11.4 Å². The fourth-order valence-electron chi connectivity index (χ4n) is 2.76. The van der Waals surface area contributed by atoms with Gasteiger partial charge in [-0.25, -0.2) is 10.0 Å². The van der Waals surface area contributed by atoms with Crippen LogP contribution in [0.1, 0.15) is 11.1 Å². The summed E-state index contributed by atoms with van der Waals surface area (Å²) in [5, 5.41) is 13.2. The lowest BCUT2D eigenvalue weighted by molar-refractivity contribution is -0.137. The van der Waals surface area contributed by atoms with Crippen molar-refractivity contribution in [3.8, 4) is 0 Å². The Kier molecular flexibility index (Phi) is 3.66. The second-order valence-electron chi connectivity index (χ2n) is 5.33. The predicted molar refractivity (Wildman–Crippen MR) is 82.0 cm³/mol. The molecule has 5 nitrogen and oxygen atoms in total. The third kappa shape index (κ3) is 2.36. The Morgan fingerprint density at radius 3 is 2.29 bits per heavy atom. The third-order valence-electron chi connectivity index (χ3n) is 3.91. The topological polar surface area (TPSA) is 72.3 Å². The number of halogens is 3. The molecule has 3 N–H and O–H groups in total. The van der Waals surface area contributed by atoms with Crippen molar-refractivity contribution in [1.29, 1.82) is 0 Å². The SMILES string of the molecule is O.OC1=C2Cc3ccccc3N2[N]N1c1ccc(C(F)(F)F)cc1. The van der Waals surface area contributed by atoms with Gasteiger partial charge in [0.2, 0.25) is 5.88 Å². The maximum Gasteiger partial charge on any atom is 0.416 e. The number of nitrogens with zero attached hydrogens (tertiary/aromatic N) is 3. The third-order valence-corrected chi connectivity index (χ3v) is 3.91. The number of alkyl halides is 3. The summed E-state index contributed by atoms with van der Waals surface area (Å²) in [5.41, 5.74) is 6.46. The molecule has 2 aliphatic rings. The van der Waals surface area contributed by atoms with E-state index in [1.807, 2.05) is 24.3 Å². The van der Waals surface area contributed by atoms with Gasteiger partial charge in [0.1, 0.15) is 5.70 Å². The summed E-state index contributed by atoms with van der Waals surface area (Å²) in [6, 6.07) is 12.1. The molecular formula is C16H13F3N3O2. The Morgan fingerprint density at radius 2 is 1.62 bits per heavy atom. The quantitative estimate of drug-likeness (QED) is 0.870. The second kappa shape index (κ2) is 5.43. The summed E-state index contributed by atoms with van der Waals surface area (Å²) in [4.78, 5) is 0. The standard InChI is InChI=1S/C16H11F3N3O.H2O/c17-16(18,19)11-5-7-12(8-6-11)21-15(23)14-9-10-3-1-2-4-13(10)22(14)20-21;/h1-8,23H,9H2;1H2. The predicted octanol–water partition coefficient (Wildman–Crippen LogP) is 2.92. The second-order valence-corrected chi connectivity index (χ2v) is 5.33. The number of aliphatic hydroxyl groups excluding tert-OH is 1. The molecule has 0 saturated heterocycles. The van der Waals surface area contributed by atoms with Crippen LogP contribution in [-0.2, 0) is 12.6 Å². The van der Waals surface area contributed by atoms with Gasteiger partial charge in [-0.3, -0.25) is 0 Å². The van der Waals surface area contributed by atoms with Crippen LogP contribution in [0.3, 0.4) is 0 Å². The van der Waals surface area contributed by atoms with E-state index in [0.29, 0.717) is 17.8 Å². The molecule has 2 aromatic rings. The van der Waals surface area contributed by atoms with E-state index in [2.05, 4.69) is 5.53 Å². The molecule has 24 heavy (non-hydrogen) atoms. The van der Waals surface area contributed by atoms with Crippen molar-refractivity contribution in [3.05, 3.63) is 71.2 Å². The van der Waals surface area contributed by atoms with Crippen molar-refractivity contribution < 1.29 is 23.8 Å². The summed E-state index contributed by atoms with van der Waals surface area (Å²) in [7, 11) is 0. The van der Waals surface area contributed by atoms with E-state index < -0.39 is 11.7 Å². The highest BCUT2D eigenvalue weighted by atomic mass is 19.4. The van der Waals surface area contributed by atoms with Gasteiger partial charge in [-0.1, -0.05) is 18.2 Å². The van der Waals surface area contributed by atoms with Crippen LogP contribution in [-0.4, -0.2) is 10.6 Å². The van der Waals surface area contributed by atoms with Gasteiger partial charge in [-0.05, 0) is 41.4 Å². The number of rotatable bonds is 1. The Bertz CT molecular complexity index is 803. The lowest BCUT2D eigenvalue weighted by Crippen LogP contribution is -2.33. The number of para-hydroxylation sites is 1. The van der Waals surface area contributed by atoms with Crippen LogP contribution in [0.4, 0.5) is 24.5 Å². The Hall–Kier alpha value is -2.71. The maximum absolute atomic E-state index is 12.6. The number of hydrogen-bond donors (Lipinski definition) is 1. The van der Waals surface area contributed by atoms with Crippen LogP contribution in [0.5, 0.6) is 0 Å². The van der Waals surface area contributed by atoms with Crippen molar-refractivity contribution in [2.45, 2.75) is 12.6 Å². The summed E-state index contributed by atoms with van der Waals surface area (Å²) in [6.07, 6.45) is -3.86. The Morgan fingerprint density at radius 1 is 0.958 bits per heavy atom. The van der Waals surface area contributed by atoms with Gasteiger partial charge < -0.3 is 10.6 Å². The smallest absolute Gasteiger partial charge is 0.416 e. The zero-order chi connectivity index (χ0) is 16.2. The minimum absolute atomic E-state index is 0. The molecular weight excluding hydrogens is 323 g/mol.